The molecule has 2 rings (SSSR count). The lowest BCUT2D eigenvalue weighted by atomic mass is 9.93. The molecular formula is C24H31N. The Morgan fingerprint density at radius 3 is 2.56 bits per heavy atom. The van der Waals surface area contributed by atoms with Gasteiger partial charge in [0.1, 0.15) is 0 Å². The molecule has 1 fully saturated rings. The van der Waals surface area contributed by atoms with Crippen molar-refractivity contribution in [3.63, 3.8) is 0 Å². The summed E-state index contributed by atoms with van der Waals surface area (Å²) in [7, 11) is 0. The molecule has 1 aromatic carbocycles. The Balaban J connectivity index is 2.11. The summed E-state index contributed by atoms with van der Waals surface area (Å²) in [5.41, 5.74) is 7.68. The zero-order valence-corrected chi connectivity index (χ0v) is 16.2. The molecule has 0 spiro atoms. The summed E-state index contributed by atoms with van der Waals surface area (Å²) in [5, 5.41) is 9.35. The maximum atomic E-state index is 9.35. The Hall–Kier alpha value is -2.07. The van der Waals surface area contributed by atoms with Gasteiger partial charge in [-0.25, -0.2) is 0 Å². The third-order valence-corrected chi connectivity index (χ3v) is 4.97. The molecule has 0 N–H and O–H groups in total. The fourth-order valence-electron chi connectivity index (χ4n) is 3.23. The van der Waals surface area contributed by atoms with E-state index in [2.05, 4.69) is 52.5 Å². The van der Waals surface area contributed by atoms with E-state index < -0.39 is 0 Å². The first kappa shape index (κ1) is 19.3. The molecule has 25 heavy (non-hydrogen) atoms. The summed E-state index contributed by atoms with van der Waals surface area (Å²) < 4.78 is 0. The molecule has 0 bridgehead atoms. The number of hydrogen-bond donors (Lipinski definition) is 0. The first-order valence-electron chi connectivity index (χ1n) is 9.47. The van der Waals surface area contributed by atoms with E-state index in [1.807, 2.05) is 18.2 Å². The van der Waals surface area contributed by atoms with Gasteiger partial charge in [0.05, 0.1) is 6.07 Å². The van der Waals surface area contributed by atoms with Crippen LogP contribution < -0.4 is 0 Å². The highest BCUT2D eigenvalue weighted by Gasteiger charge is 2.25. The Kier molecular flexibility index (Phi) is 6.82. The second-order valence-corrected chi connectivity index (χ2v) is 7.73. The lowest BCUT2D eigenvalue weighted by Crippen LogP contribution is -1.97. The molecule has 0 saturated heterocycles. The molecule has 1 aromatic rings. The maximum absolute atomic E-state index is 9.35. The molecule has 1 saturated carbocycles. The molecule has 1 nitrogen and oxygen atoms in total. The number of nitriles is 1. The largest absolute Gasteiger partial charge is 0.192 e. The van der Waals surface area contributed by atoms with Crippen LogP contribution >= 0.6 is 0 Å². The molecule has 0 heterocycles. The fourth-order valence-corrected chi connectivity index (χ4v) is 3.23. The van der Waals surface area contributed by atoms with Gasteiger partial charge in [0.15, 0.2) is 0 Å². The van der Waals surface area contributed by atoms with Crippen LogP contribution in [0, 0.1) is 31.1 Å². The average Bonchev–Trinajstić information content (AvgIpc) is 3.40. The lowest BCUT2D eigenvalue weighted by Gasteiger charge is -2.12. The van der Waals surface area contributed by atoms with E-state index in [1.165, 1.54) is 29.5 Å². The normalized spacial score (nSPS) is 15.4. The van der Waals surface area contributed by atoms with E-state index in [-0.39, 0.29) is 0 Å². The molecule has 0 unspecified atom stereocenters. The Morgan fingerprint density at radius 2 is 2.00 bits per heavy atom. The van der Waals surface area contributed by atoms with Crippen LogP contribution in [0.3, 0.4) is 0 Å². The number of hydrogen-bond acceptors (Lipinski definition) is 1. The van der Waals surface area contributed by atoms with Gasteiger partial charge in [-0.2, -0.15) is 5.26 Å². The first-order chi connectivity index (χ1) is 11.9. The van der Waals surface area contributed by atoms with Crippen molar-refractivity contribution in [1.29, 1.82) is 5.26 Å². The summed E-state index contributed by atoms with van der Waals surface area (Å²) in [5.74, 6) is 1.36. The fraction of sp³-hybridized carbons (Fsp3) is 0.458. The second-order valence-electron chi connectivity index (χ2n) is 7.73. The van der Waals surface area contributed by atoms with Crippen molar-refractivity contribution in [3.8, 4) is 6.07 Å². The molecule has 1 aliphatic rings. The highest BCUT2D eigenvalue weighted by atomic mass is 14.3. The van der Waals surface area contributed by atoms with Crippen LogP contribution in [-0.2, 0) is 6.42 Å². The van der Waals surface area contributed by atoms with Crippen LogP contribution in [0.2, 0.25) is 0 Å². The van der Waals surface area contributed by atoms with Crippen molar-refractivity contribution in [3.05, 3.63) is 70.3 Å². The van der Waals surface area contributed by atoms with Crippen LogP contribution in [0.25, 0.3) is 0 Å². The highest BCUT2D eigenvalue weighted by molar-refractivity contribution is 5.42. The topological polar surface area (TPSA) is 23.8 Å². The van der Waals surface area contributed by atoms with Crippen LogP contribution in [0.5, 0.6) is 0 Å². The van der Waals surface area contributed by atoms with Gasteiger partial charge in [0, 0.05) is 5.57 Å². The molecule has 0 aliphatic heterocycles. The monoisotopic (exact) mass is 333 g/mol. The van der Waals surface area contributed by atoms with E-state index in [4.69, 9.17) is 0 Å². The molecule has 0 amide bonds. The maximum Gasteiger partial charge on any atom is 0.0988 e. The average molecular weight is 334 g/mol. The van der Waals surface area contributed by atoms with Gasteiger partial charge in [-0.1, -0.05) is 44.7 Å². The van der Waals surface area contributed by atoms with Gasteiger partial charge in [0.2, 0.25) is 0 Å². The molecule has 132 valence electrons. The minimum absolute atomic E-state index is 0.569. The van der Waals surface area contributed by atoms with Crippen LogP contribution in [0.15, 0.2) is 48.1 Å². The van der Waals surface area contributed by atoms with Crippen molar-refractivity contribution >= 4 is 0 Å². The molecule has 1 heteroatoms. The first-order valence-corrected chi connectivity index (χ1v) is 9.47. The Labute approximate surface area is 153 Å². The summed E-state index contributed by atoms with van der Waals surface area (Å²) in [6, 6.07) is 7.06. The van der Waals surface area contributed by atoms with E-state index in [0.717, 1.165) is 36.3 Å². The van der Waals surface area contributed by atoms with Crippen molar-refractivity contribution in [2.24, 2.45) is 5.92 Å². The molecule has 0 atom stereocenters. The third-order valence-electron chi connectivity index (χ3n) is 4.97. The number of rotatable bonds is 8. The predicted molar refractivity (Wildman–Crippen MR) is 108 cm³/mol. The number of nitrogens with zero attached hydrogens (tertiary/aromatic N) is 1. The van der Waals surface area contributed by atoms with Crippen molar-refractivity contribution in [1.82, 2.24) is 0 Å². The van der Waals surface area contributed by atoms with Crippen LogP contribution in [0.1, 0.15) is 67.7 Å². The van der Waals surface area contributed by atoms with Crippen LogP contribution in [-0.4, -0.2) is 0 Å². The zero-order valence-electron chi connectivity index (χ0n) is 16.2. The van der Waals surface area contributed by atoms with Gasteiger partial charge in [-0.3, -0.25) is 0 Å². The predicted octanol–water partition coefficient (Wildman–Crippen LogP) is 6.72. The second kappa shape index (κ2) is 8.86. The SMILES string of the molecule is C=C/C(=C\C(C#N)=C/CC(C)C)CCc1cc(C2CC2)c(C)cc1C. The van der Waals surface area contributed by atoms with Crippen molar-refractivity contribution in [2.75, 3.05) is 0 Å². The standard InChI is InChI=1S/C24H31N/c1-6-20(14-21(16-25)8-7-17(2)3)9-10-23-15-24(22-11-12-22)19(5)13-18(23)4/h6,8,13-15,17,22H,1,7,9-12H2,2-5H3/b20-14+,21-8+. The smallest absolute Gasteiger partial charge is 0.0988 e. The Morgan fingerprint density at radius 1 is 1.28 bits per heavy atom. The zero-order chi connectivity index (χ0) is 18.4. The summed E-state index contributed by atoms with van der Waals surface area (Å²) in [6.45, 7) is 12.7. The lowest BCUT2D eigenvalue weighted by molar-refractivity contribution is 0.663. The third kappa shape index (κ3) is 5.75. The van der Waals surface area contributed by atoms with Crippen LogP contribution in [0.4, 0.5) is 0 Å². The molecular weight excluding hydrogens is 302 g/mol. The van der Waals surface area contributed by atoms with E-state index in [0.29, 0.717) is 5.92 Å². The van der Waals surface area contributed by atoms with E-state index >= 15 is 0 Å². The summed E-state index contributed by atoms with van der Waals surface area (Å²) >= 11 is 0. The number of benzene rings is 1. The quantitative estimate of drug-likeness (QED) is 0.382. The Bertz CT molecular complexity index is 721. The minimum Gasteiger partial charge on any atom is -0.192 e. The highest BCUT2D eigenvalue weighted by Crippen LogP contribution is 2.42. The molecule has 0 aromatic heterocycles. The van der Waals surface area contributed by atoms with Gasteiger partial charge >= 0.3 is 0 Å². The molecule has 1 aliphatic carbocycles. The van der Waals surface area contributed by atoms with Gasteiger partial charge in [-0.05, 0) is 91.7 Å². The van der Waals surface area contributed by atoms with E-state index in [1.54, 1.807) is 5.56 Å². The van der Waals surface area contributed by atoms with Crippen molar-refractivity contribution < 1.29 is 0 Å². The summed E-state index contributed by atoms with van der Waals surface area (Å²) in [6.07, 6.45) is 11.5. The van der Waals surface area contributed by atoms with Gasteiger partial charge < -0.3 is 0 Å². The number of aryl methyl sites for hydroxylation is 3. The van der Waals surface area contributed by atoms with Gasteiger partial charge in [-0.15, -0.1) is 0 Å². The molecule has 0 radical (unpaired) electrons. The minimum atomic E-state index is 0.569. The van der Waals surface area contributed by atoms with E-state index in [9.17, 15) is 5.26 Å². The summed E-state index contributed by atoms with van der Waals surface area (Å²) in [4.78, 5) is 0. The number of allylic oxidation sites excluding steroid dienone is 5. The van der Waals surface area contributed by atoms with Gasteiger partial charge in [0.25, 0.3) is 0 Å². The van der Waals surface area contributed by atoms with Crippen molar-refractivity contribution in [2.45, 2.75) is 65.7 Å².